The number of nitrogens with two attached hydrogens (primary N) is 1. The molecule has 2 heterocycles. The molecule has 2 rings (SSSR count). The monoisotopic (exact) mass is 273 g/mol. The molecule has 0 aromatic carbocycles. The van der Waals surface area contributed by atoms with Crippen molar-refractivity contribution >= 4 is 15.9 Å². The van der Waals surface area contributed by atoms with Gasteiger partial charge in [-0.3, -0.25) is 4.68 Å². The summed E-state index contributed by atoms with van der Waals surface area (Å²) in [5.74, 6) is 0.395. The van der Waals surface area contributed by atoms with Gasteiger partial charge in [-0.25, -0.2) is 0 Å². The van der Waals surface area contributed by atoms with Crippen LogP contribution in [0.25, 0.3) is 0 Å². The van der Waals surface area contributed by atoms with E-state index in [-0.39, 0.29) is 6.04 Å². The molecule has 4 nitrogen and oxygen atoms in total. The molecule has 15 heavy (non-hydrogen) atoms. The van der Waals surface area contributed by atoms with Gasteiger partial charge in [0.15, 0.2) is 0 Å². The topological polar surface area (TPSA) is 53.1 Å². The van der Waals surface area contributed by atoms with Gasteiger partial charge in [0.25, 0.3) is 0 Å². The zero-order valence-electron chi connectivity index (χ0n) is 8.98. The van der Waals surface area contributed by atoms with Crippen LogP contribution in [0.15, 0.2) is 10.7 Å². The van der Waals surface area contributed by atoms with Crippen LogP contribution in [-0.4, -0.2) is 22.5 Å². The first-order valence-electron chi connectivity index (χ1n) is 5.14. The molecule has 1 aromatic heterocycles. The normalized spacial score (nSPS) is 28.3. The smallest absolute Gasteiger partial charge is 0.0693 e. The van der Waals surface area contributed by atoms with E-state index in [9.17, 15) is 0 Å². The van der Waals surface area contributed by atoms with Gasteiger partial charge in [0, 0.05) is 13.0 Å². The fourth-order valence-corrected chi connectivity index (χ4v) is 2.73. The van der Waals surface area contributed by atoms with Crippen molar-refractivity contribution in [1.82, 2.24) is 9.78 Å². The van der Waals surface area contributed by atoms with Gasteiger partial charge in [0.1, 0.15) is 0 Å². The van der Waals surface area contributed by atoms with Crippen LogP contribution in [0.2, 0.25) is 0 Å². The summed E-state index contributed by atoms with van der Waals surface area (Å²) in [5.41, 5.74) is 7.29. The highest BCUT2D eigenvalue weighted by atomic mass is 79.9. The van der Waals surface area contributed by atoms with E-state index in [2.05, 4.69) is 28.0 Å². The van der Waals surface area contributed by atoms with Crippen LogP contribution in [0.1, 0.15) is 25.1 Å². The predicted octanol–water partition coefficient (Wildman–Crippen LogP) is 1.61. The highest BCUT2D eigenvalue weighted by Gasteiger charge is 2.30. The molecule has 2 N–H and O–H groups in total. The Morgan fingerprint density at radius 1 is 1.73 bits per heavy atom. The van der Waals surface area contributed by atoms with Gasteiger partial charge in [-0.05, 0) is 29.3 Å². The predicted molar refractivity (Wildman–Crippen MR) is 61.4 cm³/mol. The molecule has 1 aromatic rings. The van der Waals surface area contributed by atoms with Crippen molar-refractivity contribution in [3.63, 3.8) is 0 Å². The third-order valence-corrected chi connectivity index (χ3v) is 3.60. The molecule has 5 heteroatoms. The first kappa shape index (κ1) is 11.1. The van der Waals surface area contributed by atoms with Crippen LogP contribution in [0.3, 0.4) is 0 Å². The molecule has 0 radical (unpaired) electrons. The van der Waals surface area contributed by atoms with Gasteiger partial charge in [-0.1, -0.05) is 0 Å². The molecule has 0 amide bonds. The molecule has 1 aliphatic heterocycles. The Hall–Kier alpha value is -0.390. The molecular weight excluding hydrogens is 258 g/mol. The highest BCUT2D eigenvalue weighted by Crippen LogP contribution is 2.32. The van der Waals surface area contributed by atoms with Crippen molar-refractivity contribution in [3.8, 4) is 0 Å². The second kappa shape index (κ2) is 4.23. The van der Waals surface area contributed by atoms with Crippen LogP contribution >= 0.6 is 15.9 Å². The van der Waals surface area contributed by atoms with Crippen molar-refractivity contribution < 1.29 is 4.74 Å². The number of halogens is 1. The Morgan fingerprint density at radius 2 is 2.47 bits per heavy atom. The average molecular weight is 274 g/mol. The number of ether oxygens (including phenoxy) is 1. The summed E-state index contributed by atoms with van der Waals surface area (Å²) in [6, 6.07) is -0.00294. The molecule has 3 atom stereocenters. The lowest BCUT2D eigenvalue weighted by atomic mass is 9.95. The molecule has 0 saturated carbocycles. The zero-order chi connectivity index (χ0) is 11.0. The largest absolute Gasteiger partial charge is 0.378 e. The summed E-state index contributed by atoms with van der Waals surface area (Å²) >= 11 is 3.48. The summed E-state index contributed by atoms with van der Waals surface area (Å²) in [5, 5.41) is 4.18. The maximum Gasteiger partial charge on any atom is 0.0693 e. The Kier molecular flexibility index (Phi) is 3.13. The minimum atomic E-state index is -0.00294. The van der Waals surface area contributed by atoms with Crippen LogP contribution in [-0.2, 0) is 11.8 Å². The number of hydrogen-bond acceptors (Lipinski definition) is 3. The number of rotatable bonds is 2. The molecule has 0 spiro atoms. The van der Waals surface area contributed by atoms with E-state index in [4.69, 9.17) is 10.5 Å². The van der Waals surface area contributed by atoms with Crippen LogP contribution in [0.5, 0.6) is 0 Å². The lowest BCUT2D eigenvalue weighted by molar-refractivity contribution is 0.118. The molecule has 0 aliphatic carbocycles. The summed E-state index contributed by atoms with van der Waals surface area (Å²) in [6.07, 6.45) is 3.14. The fraction of sp³-hybridized carbons (Fsp3) is 0.700. The van der Waals surface area contributed by atoms with E-state index in [0.717, 1.165) is 23.2 Å². The van der Waals surface area contributed by atoms with Crippen LogP contribution in [0, 0.1) is 5.92 Å². The first-order chi connectivity index (χ1) is 7.09. The van der Waals surface area contributed by atoms with E-state index in [1.165, 1.54) is 0 Å². The maximum atomic E-state index is 6.24. The molecule has 0 bridgehead atoms. The Morgan fingerprint density at radius 3 is 2.93 bits per heavy atom. The average Bonchev–Trinajstić information content (AvgIpc) is 2.73. The van der Waals surface area contributed by atoms with E-state index in [0.29, 0.717) is 12.0 Å². The SMILES string of the molecule is CC1CC(C(N)c2c(Br)cnn2C)CO1. The molecule has 1 aliphatic rings. The fourth-order valence-electron chi connectivity index (χ4n) is 2.12. The standard InChI is InChI=1S/C10H16BrN3O/c1-6-3-7(5-15-6)9(12)10-8(11)4-13-14(10)2/h4,6-7,9H,3,5,12H2,1-2H3. The summed E-state index contributed by atoms with van der Waals surface area (Å²) < 4.78 is 8.35. The third kappa shape index (κ3) is 2.09. The van der Waals surface area contributed by atoms with Crippen LogP contribution < -0.4 is 5.73 Å². The molecule has 3 unspecified atom stereocenters. The highest BCUT2D eigenvalue weighted by molar-refractivity contribution is 9.10. The molecular formula is C10H16BrN3O. The Bertz CT molecular complexity index is 333. The van der Waals surface area contributed by atoms with E-state index >= 15 is 0 Å². The zero-order valence-corrected chi connectivity index (χ0v) is 10.6. The second-order valence-corrected chi connectivity index (χ2v) is 5.02. The van der Waals surface area contributed by atoms with Gasteiger partial charge in [0.05, 0.1) is 35.1 Å². The van der Waals surface area contributed by atoms with E-state index < -0.39 is 0 Å². The van der Waals surface area contributed by atoms with Gasteiger partial charge < -0.3 is 10.5 Å². The molecule has 1 saturated heterocycles. The van der Waals surface area contributed by atoms with Crippen LogP contribution in [0.4, 0.5) is 0 Å². The van der Waals surface area contributed by atoms with Crippen molar-refractivity contribution in [2.24, 2.45) is 18.7 Å². The minimum Gasteiger partial charge on any atom is -0.378 e. The van der Waals surface area contributed by atoms with Gasteiger partial charge in [-0.2, -0.15) is 5.10 Å². The lowest BCUT2D eigenvalue weighted by Crippen LogP contribution is -2.24. The van der Waals surface area contributed by atoms with E-state index in [1.807, 2.05) is 11.7 Å². The quantitative estimate of drug-likeness (QED) is 0.891. The number of aromatic nitrogens is 2. The summed E-state index contributed by atoms with van der Waals surface area (Å²) in [6.45, 7) is 2.84. The summed E-state index contributed by atoms with van der Waals surface area (Å²) in [7, 11) is 1.92. The minimum absolute atomic E-state index is 0.00294. The number of hydrogen-bond donors (Lipinski definition) is 1. The van der Waals surface area contributed by atoms with Gasteiger partial charge in [0.2, 0.25) is 0 Å². The third-order valence-electron chi connectivity index (χ3n) is 2.99. The number of nitrogens with zero attached hydrogens (tertiary/aromatic N) is 2. The Labute approximate surface area is 97.9 Å². The molecule has 84 valence electrons. The maximum absolute atomic E-state index is 6.24. The van der Waals surface area contributed by atoms with Crippen molar-refractivity contribution in [3.05, 3.63) is 16.4 Å². The van der Waals surface area contributed by atoms with Crippen molar-refractivity contribution in [2.75, 3.05) is 6.61 Å². The number of aryl methyl sites for hydroxylation is 1. The summed E-state index contributed by atoms with van der Waals surface area (Å²) in [4.78, 5) is 0. The van der Waals surface area contributed by atoms with Crippen molar-refractivity contribution in [2.45, 2.75) is 25.5 Å². The molecule has 1 fully saturated rings. The first-order valence-corrected chi connectivity index (χ1v) is 5.93. The van der Waals surface area contributed by atoms with E-state index in [1.54, 1.807) is 6.20 Å². The van der Waals surface area contributed by atoms with Gasteiger partial charge in [-0.15, -0.1) is 0 Å². The Balaban J connectivity index is 2.17. The van der Waals surface area contributed by atoms with Gasteiger partial charge >= 0.3 is 0 Å². The lowest BCUT2D eigenvalue weighted by Gasteiger charge is -2.18. The van der Waals surface area contributed by atoms with Crippen molar-refractivity contribution in [1.29, 1.82) is 0 Å². The second-order valence-electron chi connectivity index (χ2n) is 4.17.